The van der Waals surface area contributed by atoms with Crippen LogP contribution < -0.4 is 19.7 Å². The summed E-state index contributed by atoms with van der Waals surface area (Å²) in [6.07, 6.45) is 0.820. The van der Waals surface area contributed by atoms with Crippen LogP contribution in [0.25, 0.3) is 0 Å². The molecule has 0 aromatic heterocycles. The van der Waals surface area contributed by atoms with Crippen molar-refractivity contribution in [3.05, 3.63) is 53.6 Å². The Balaban J connectivity index is 2.11. The predicted octanol–water partition coefficient (Wildman–Crippen LogP) is 1.98. The summed E-state index contributed by atoms with van der Waals surface area (Å²) in [5, 5.41) is 8.86. The van der Waals surface area contributed by atoms with Crippen LogP contribution in [0.3, 0.4) is 0 Å². The van der Waals surface area contributed by atoms with E-state index in [0.717, 1.165) is 6.42 Å². The number of sulfonamides is 1. The molecule has 2 rings (SSSR count). The maximum Gasteiger partial charge on any atom is 0.266 e. The van der Waals surface area contributed by atoms with Gasteiger partial charge in [-0.3, -0.25) is 10.2 Å². The number of ether oxygens (including phenoxy) is 2. The number of amides is 1. The topological polar surface area (TPSA) is 118 Å². The van der Waals surface area contributed by atoms with Crippen LogP contribution in [0.1, 0.15) is 29.3 Å². The molecule has 0 radical (unpaired) electrons. The molecule has 0 bridgehead atoms. The molecule has 2 N–H and O–H groups in total. The van der Waals surface area contributed by atoms with E-state index in [9.17, 15) is 13.2 Å². The van der Waals surface area contributed by atoms with Gasteiger partial charge < -0.3 is 9.47 Å². The highest BCUT2D eigenvalue weighted by atomic mass is 32.2. The molecule has 8 nitrogen and oxygen atoms in total. The van der Waals surface area contributed by atoms with Crippen molar-refractivity contribution in [3.63, 3.8) is 0 Å². The van der Waals surface area contributed by atoms with E-state index in [2.05, 4.69) is 5.43 Å². The van der Waals surface area contributed by atoms with Crippen LogP contribution in [0.2, 0.25) is 0 Å². The lowest BCUT2D eigenvalue weighted by Gasteiger charge is -2.12. The van der Waals surface area contributed by atoms with Crippen molar-refractivity contribution in [3.8, 4) is 17.6 Å². The number of hydrazine groups is 1. The third-order valence-electron chi connectivity index (χ3n) is 3.46. The van der Waals surface area contributed by atoms with Gasteiger partial charge >= 0.3 is 0 Å². The quantitative estimate of drug-likeness (QED) is 0.667. The molecule has 0 saturated carbocycles. The van der Waals surface area contributed by atoms with Crippen molar-refractivity contribution in [1.29, 1.82) is 5.26 Å². The SMILES string of the molecule is CCCOc1ccc(C(=O)NNS(=O)(=O)c2cccc(C#N)c2)cc1OC. The van der Waals surface area contributed by atoms with Gasteiger partial charge in [-0.2, -0.15) is 5.26 Å². The van der Waals surface area contributed by atoms with Crippen molar-refractivity contribution >= 4 is 15.9 Å². The molecule has 142 valence electrons. The lowest BCUT2D eigenvalue weighted by molar-refractivity contribution is 0.0944. The summed E-state index contributed by atoms with van der Waals surface area (Å²) < 4.78 is 35.2. The number of nitrogens with one attached hydrogen (secondary N) is 2. The summed E-state index contributed by atoms with van der Waals surface area (Å²) in [6, 6.07) is 11.8. The number of hydrogen-bond acceptors (Lipinski definition) is 6. The van der Waals surface area contributed by atoms with E-state index >= 15 is 0 Å². The van der Waals surface area contributed by atoms with E-state index in [-0.39, 0.29) is 16.0 Å². The molecule has 0 fully saturated rings. The van der Waals surface area contributed by atoms with Crippen LogP contribution in [-0.4, -0.2) is 28.0 Å². The summed E-state index contributed by atoms with van der Waals surface area (Å²) in [5.74, 6) is 0.181. The van der Waals surface area contributed by atoms with Crippen LogP contribution in [0.5, 0.6) is 11.5 Å². The highest BCUT2D eigenvalue weighted by molar-refractivity contribution is 7.89. The van der Waals surface area contributed by atoms with Crippen LogP contribution >= 0.6 is 0 Å². The summed E-state index contributed by atoms with van der Waals surface area (Å²) in [6.45, 7) is 2.47. The Labute approximate surface area is 157 Å². The Bertz CT molecular complexity index is 967. The van der Waals surface area contributed by atoms with Crippen molar-refractivity contribution in [2.75, 3.05) is 13.7 Å². The predicted molar refractivity (Wildman–Crippen MR) is 97.7 cm³/mol. The lowest BCUT2D eigenvalue weighted by Crippen LogP contribution is -2.41. The largest absolute Gasteiger partial charge is 0.493 e. The lowest BCUT2D eigenvalue weighted by atomic mass is 10.2. The molecule has 0 unspecified atom stereocenters. The third kappa shape index (κ3) is 5.20. The Morgan fingerprint density at radius 1 is 1.19 bits per heavy atom. The van der Waals surface area contributed by atoms with Gasteiger partial charge in [-0.05, 0) is 42.8 Å². The van der Waals surface area contributed by atoms with Gasteiger partial charge in [0.05, 0.1) is 30.2 Å². The van der Waals surface area contributed by atoms with Gasteiger partial charge in [-0.25, -0.2) is 8.42 Å². The van der Waals surface area contributed by atoms with E-state index in [1.54, 1.807) is 6.07 Å². The van der Waals surface area contributed by atoms with Crippen LogP contribution in [-0.2, 0) is 10.0 Å². The van der Waals surface area contributed by atoms with Gasteiger partial charge in [0.2, 0.25) is 0 Å². The minimum absolute atomic E-state index is 0.136. The smallest absolute Gasteiger partial charge is 0.266 e. The second kappa shape index (κ2) is 9.02. The fourth-order valence-electron chi connectivity index (χ4n) is 2.12. The second-order valence-electron chi connectivity index (χ2n) is 5.41. The molecule has 1 amide bonds. The number of rotatable bonds is 8. The third-order valence-corrected chi connectivity index (χ3v) is 4.71. The Kier molecular flexibility index (Phi) is 6.76. The number of nitrogens with zero attached hydrogens (tertiary/aromatic N) is 1. The minimum Gasteiger partial charge on any atom is -0.493 e. The fourth-order valence-corrected chi connectivity index (χ4v) is 3.00. The van der Waals surface area contributed by atoms with E-state index in [1.165, 1.54) is 43.5 Å². The number of methoxy groups -OCH3 is 1. The van der Waals surface area contributed by atoms with Gasteiger partial charge in [0.15, 0.2) is 11.5 Å². The molecular formula is C18H19N3O5S. The first kappa shape index (κ1) is 20.2. The molecular weight excluding hydrogens is 370 g/mol. The van der Waals surface area contributed by atoms with Gasteiger partial charge in [0.1, 0.15) is 0 Å². The molecule has 0 spiro atoms. The molecule has 0 aliphatic carbocycles. The van der Waals surface area contributed by atoms with Gasteiger partial charge in [0, 0.05) is 5.56 Å². The molecule has 0 heterocycles. The van der Waals surface area contributed by atoms with E-state index in [0.29, 0.717) is 18.1 Å². The number of carbonyl (C=O) groups is 1. The summed E-state index contributed by atoms with van der Waals surface area (Å²) in [7, 11) is -2.58. The maximum absolute atomic E-state index is 12.3. The average Bonchev–Trinajstić information content (AvgIpc) is 2.70. The van der Waals surface area contributed by atoms with Crippen molar-refractivity contribution in [2.45, 2.75) is 18.2 Å². The first-order valence-electron chi connectivity index (χ1n) is 8.04. The molecule has 27 heavy (non-hydrogen) atoms. The Morgan fingerprint density at radius 3 is 2.63 bits per heavy atom. The molecule has 9 heteroatoms. The first-order chi connectivity index (χ1) is 12.9. The Hall–Kier alpha value is -3.09. The van der Waals surface area contributed by atoms with Crippen molar-refractivity contribution < 1.29 is 22.7 Å². The summed E-state index contributed by atoms with van der Waals surface area (Å²) in [5.41, 5.74) is 2.51. The highest BCUT2D eigenvalue weighted by Crippen LogP contribution is 2.28. The zero-order valence-corrected chi connectivity index (χ0v) is 15.7. The number of hydrogen-bond donors (Lipinski definition) is 2. The zero-order valence-electron chi connectivity index (χ0n) is 14.9. The second-order valence-corrected chi connectivity index (χ2v) is 7.10. The average molecular weight is 389 g/mol. The fraction of sp³-hybridized carbons (Fsp3) is 0.222. The van der Waals surface area contributed by atoms with E-state index in [1.807, 2.05) is 17.8 Å². The van der Waals surface area contributed by atoms with E-state index < -0.39 is 15.9 Å². The number of benzene rings is 2. The first-order valence-corrected chi connectivity index (χ1v) is 9.52. The molecule has 0 atom stereocenters. The highest BCUT2D eigenvalue weighted by Gasteiger charge is 2.17. The maximum atomic E-state index is 12.3. The van der Waals surface area contributed by atoms with Crippen LogP contribution in [0, 0.1) is 11.3 Å². The van der Waals surface area contributed by atoms with E-state index in [4.69, 9.17) is 14.7 Å². The van der Waals surface area contributed by atoms with Gasteiger partial charge in [-0.1, -0.05) is 13.0 Å². The molecule has 0 saturated heterocycles. The van der Waals surface area contributed by atoms with Crippen LogP contribution in [0.4, 0.5) is 0 Å². The number of nitriles is 1. The molecule has 0 aliphatic rings. The van der Waals surface area contributed by atoms with Crippen molar-refractivity contribution in [2.24, 2.45) is 0 Å². The zero-order chi connectivity index (χ0) is 19.9. The molecule has 2 aromatic rings. The normalized spacial score (nSPS) is 10.7. The number of carbonyl (C=O) groups excluding carboxylic acids is 1. The van der Waals surface area contributed by atoms with Crippen LogP contribution in [0.15, 0.2) is 47.4 Å². The van der Waals surface area contributed by atoms with Crippen molar-refractivity contribution in [1.82, 2.24) is 10.3 Å². The summed E-state index contributed by atoms with van der Waals surface area (Å²) in [4.78, 5) is 14.1. The monoisotopic (exact) mass is 389 g/mol. The minimum atomic E-state index is -4.02. The van der Waals surface area contributed by atoms with Gasteiger partial charge in [0.25, 0.3) is 15.9 Å². The van der Waals surface area contributed by atoms with Gasteiger partial charge in [-0.15, -0.1) is 4.83 Å². The molecule has 0 aliphatic heterocycles. The molecule has 2 aromatic carbocycles. The Morgan fingerprint density at radius 2 is 1.96 bits per heavy atom. The standard InChI is InChI=1S/C18H19N3O5S/c1-3-9-26-16-8-7-14(11-17(16)25-2)18(22)20-21-27(23,24)15-6-4-5-13(10-15)12-19/h4-8,10-11,21H,3,9H2,1-2H3,(H,20,22). The summed E-state index contributed by atoms with van der Waals surface area (Å²) >= 11 is 0.